The second-order valence-electron chi connectivity index (χ2n) is 4.08. The fourth-order valence-electron chi connectivity index (χ4n) is 1.75. The van der Waals surface area contributed by atoms with Crippen LogP contribution in [0, 0.1) is 0 Å². The van der Waals surface area contributed by atoms with E-state index in [0.29, 0.717) is 10.7 Å². The summed E-state index contributed by atoms with van der Waals surface area (Å²) in [5, 5.41) is 0. The largest absolute Gasteiger partial charge is 0.457 e. The van der Waals surface area contributed by atoms with Crippen LogP contribution in [0.15, 0.2) is 46.9 Å². The lowest BCUT2D eigenvalue weighted by Gasteiger charge is -2.12. The average molecular weight is 336 g/mol. The Morgan fingerprint density at radius 3 is 2.47 bits per heavy atom. The van der Waals surface area contributed by atoms with E-state index in [9.17, 15) is 0 Å². The molecule has 2 N–H and O–H groups in total. The van der Waals surface area contributed by atoms with Gasteiger partial charge in [-0.3, -0.25) is 0 Å². The SMILES string of the molecule is CCc1ccc(Oc2cccc(Br)c2C(N)=S)cc1. The van der Waals surface area contributed by atoms with Gasteiger partial charge in [-0.05, 0) is 52.2 Å². The molecule has 0 amide bonds. The first-order valence-electron chi connectivity index (χ1n) is 5.97. The summed E-state index contributed by atoms with van der Waals surface area (Å²) in [6.07, 6.45) is 1.01. The van der Waals surface area contributed by atoms with Crippen molar-refractivity contribution in [3.8, 4) is 11.5 Å². The monoisotopic (exact) mass is 335 g/mol. The molecule has 4 heteroatoms. The van der Waals surface area contributed by atoms with Gasteiger partial charge in [0.1, 0.15) is 16.5 Å². The number of hydrogen-bond acceptors (Lipinski definition) is 2. The Labute approximate surface area is 126 Å². The number of rotatable bonds is 4. The zero-order valence-corrected chi connectivity index (χ0v) is 12.9. The van der Waals surface area contributed by atoms with E-state index in [1.165, 1.54) is 5.56 Å². The molecule has 19 heavy (non-hydrogen) atoms. The summed E-state index contributed by atoms with van der Waals surface area (Å²) in [6.45, 7) is 2.12. The van der Waals surface area contributed by atoms with Crippen molar-refractivity contribution in [1.29, 1.82) is 0 Å². The molecule has 2 aromatic carbocycles. The van der Waals surface area contributed by atoms with Crippen LogP contribution in [0.3, 0.4) is 0 Å². The van der Waals surface area contributed by atoms with Crippen LogP contribution in [0.1, 0.15) is 18.1 Å². The van der Waals surface area contributed by atoms with Crippen LogP contribution in [-0.2, 0) is 6.42 Å². The van der Waals surface area contributed by atoms with Gasteiger partial charge in [0.15, 0.2) is 0 Å². The van der Waals surface area contributed by atoms with E-state index in [1.807, 2.05) is 42.5 Å². The number of ether oxygens (including phenoxy) is 1. The van der Waals surface area contributed by atoms with E-state index >= 15 is 0 Å². The molecule has 2 nitrogen and oxygen atoms in total. The first-order chi connectivity index (χ1) is 9.11. The third-order valence-electron chi connectivity index (χ3n) is 2.78. The smallest absolute Gasteiger partial charge is 0.138 e. The van der Waals surface area contributed by atoms with Crippen molar-refractivity contribution in [3.05, 3.63) is 58.1 Å². The van der Waals surface area contributed by atoms with Crippen molar-refractivity contribution < 1.29 is 4.74 Å². The van der Waals surface area contributed by atoms with Gasteiger partial charge in [0, 0.05) is 4.47 Å². The normalized spacial score (nSPS) is 10.2. The third-order valence-corrected chi connectivity index (χ3v) is 3.65. The lowest BCUT2D eigenvalue weighted by Crippen LogP contribution is -2.11. The Hall–Kier alpha value is -1.39. The Morgan fingerprint density at radius 1 is 1.21 bits per heavy atom. The van der Waals surface area contributed by atoms with Crippen LogP contribution >= 0.6 is 28.1 Å². The molecule has 98 valence electrons. The van der Waals surface area contributed by atoms with E-state index in [1.54, 1.807) is 0 Å². The van der Waals surface area contributed by atoms with Crippen molar-refractivity contribution in [2.24, 2.45) is 5.73 Å². The molecule has 0 bridgehead atoms. The average Bonchev–Trinajstić information content (AvgIpc) is 2.39. The van der Waals surface area contributed by atoms with Gasteiger partial charge in [-0.25, -0.2) is 0 Å². The molecule has 0 radical (unpaired) electrons. The minimum Gasteiger partial charge on any atom is -0.457 e. The Kier molecular flexibility index (Phi) is 4.56. The van der Waals surface area contributed by atoms with E-state index < -0.39 is 0 Å². The fourth-order valence-corrected chi connectivity index (χ4v) is 2.65. The summed E-state index contributed by atoms with van der Waals surface area (Å²) < 4.78 is 6.69. The summed E-state index contributed by atoms with van der Waals surface area (Å²) in [7, 11) is 0. The van der Waals surface area contributed by atoms with Gasteiger partial charge < -0.3 is 10.5 Å². The van der Waals surface area contributed by atoms with E-state index in [4.69, 9.17) is 22.7 Å². The summed E-state index contributed by atoms with van der Waals surface area (Å²) in [5.74, 6) is 1.43. The van der Waals surface area contributed by atoms with Crippen molar-refractivity contribution in [2.45, 2.75) is 13.3 Å². The topological polar surface area (TPSA) is 35.2 Å². The molecule has 0 spiro atoms. The summed E-state index contributed by atoms with van der Waals surface area (Å²) in [4.78, 5) is 0.313. The van der Waals surface area contributed by atoms with Crippen molar-refractivity contribution in [2.75, 3.05) is 0 Å². The lowest BCUT2D eigenvalue weighted by atomic mass is 10.1. The quantitative estimate of drug-likeness (QED) is 0.839. The number of benzene rings is 2. The van der Waals surface area contributed by atoms with Gasteiger partial charge in [0.05, 0.1) is 5.56 Å². The lowest BCUT2D eigenvalue weighted by molar-refractivity contribution is 0.481. The van der Waals surface area contributed by atoms with Crippen LogP contribution in [0.25, 0.3) is 0 Å². The highest BCUT2D eigenvalue weighted by Gasteiger charge is 2.11. The number of halogens is 1. The molecular formula is C15H14BrNOS. The molecule has 2 rings (SSSR count). The third kappa shape index (κ3) is 3.33. The first-order valence-corrected chi connectivity index (χ1v) is 7.17. The van der Waals surface area contributed by atoms with Gasteiger partial charge in [-0.1, -0.05) is 37.3 Å². The maximum atomic E-state index is 5.85. The molecule has 0 aliphatic rings. The highest BCUT2D eigenvalue weighted by Crippen LogP contribution is 2.30. The molecule has 0 aromatic heterocycles. The fraction of sp³-hybridized carbons (Fsp3) is 0.133. The molecule has 0 saturated carbocycles. The van der Waals surface area contributed by atoms with E-state index in [2.05, 4.69) is 22.9 Å². The van der Waals surface area contributed by atoms with Crippen LogP contribution in [0.5, 0.6) is 11.5 Å². The van der Waals surface area contributed by atoms with Gasteiger partial charge in [-0.15, -0.1) is 0 Å². The zero-order chi connectivity index (χ0) is 13.8. The first kappa shape index (κ1) is 14.0. The Morgan fingerprint density at radius 2 is 1.89 bits per heavy atom. The molecule has 0 aliphatic carbocycles. The molecule has 0 unspecified atom stereocenters. The van der Waals surface area contributed by atoms with Gasteiger partial charge in [0.25, 0.3) is 0 Å². The second kappa shape index (κ2) is 6.17. The Bertz CT molecular complexity index is 596. The van der Waals surface area contributed by atoms with Crippen LogP contribution in [0.4, 0.5) is 0 Å². The van der Waals surface area contributed by atoms with Crippen molar-refractivity contribution in [1.82, 2.24) is 0 Å². The summed E-state index contributed by atoms with van der Waals surface area (Å²) in [6, 6.07) is 13.6. The highest BCUT2D eigenvalue weighted by atomic mass is 79.9. The van der Waals surface area contributed by atoms with Crippen LogP contribution in [0.2, 0.25) is 0 Å². The molecule has 0 atom stereocenters. The second-order valence-corrected chi connectivity index (χ2v) is 5.37. The molecule has 0 saturated heterocycles. The standard InChI is InChI=1S/C15H14BrNOS/c1-2-10-6-8-11(9-7-10)18-13-5-3-4-12(16)14(13)15(17)19/h3-9H,2H2,1H3,(H2,17,19). The molecule has 0 fully saturated rings. The minimum atomic E-state index is 0.313. The number of nitrogens with two attached hydrogens (primary N) is 1. The number of hydrogen-bond donors (Lipinski definition) is 1. The maximum absolute atomic E-state index is 5.85. The minimum absolute atomic E-state index is 0.313. The zero-order valence-electron chi connectivity index (χ0n) is 10.5. The highest BCUT2D eigenvalue weighted by molar-refractivity contribution is 9.10. The summed E-state index contributed by atoms with van der Waals surface area (Å²) >= 11 is 8.50. The van der Waals surface area contributed by atoms with Crippen LogP contribution < -0.4 is 10.5 Å². The molecule has 0 heterocycles. The van der Waals surface area contributed by atoms with Gasteiger partial charge in [0.2, 0.25) is 0 Å². The van der Waals surface area contributed by atoms with Gasteiger partial charge in [-0.2, -0.15) is 0 Å². The van der Waals surface area contributed by atoms with Crippen molar-refractivity contribution in [3.63, 3.8) is 0 Å². The number of aryl methyl sites for hydroxylation is 1. The van der Waals surface area contributed by atoms with E-state index in [-0.39, 0.29) is 0 Å². The van der Waals surface area contributed by atoms with Crippen molar-refractivity contribution >= 4 is 33.1 Å². The number of thiocarbonyl (C=S) groups is 1. The van der Waals surface area contributed by atoms with E-state index in [0.717, 1.165) is 22.2 Å². The predicted octanol–water partition coefficient (Wildman–Crippen LogP) is 4.44. The summed E-state index contributed by atoms with van der Waals surface area (Å²) in [5.41, 5.74) is 7.73. The van der Waals surface area contributed by atoms with Crippen LogP contribution in [-0.4, -0.2) is 4.99 Å². The molecule has 0 aliphatic heterocycles. The molecule has 2 aromatic rings. The molecular weight excluding hydrogens is 322 g/mol. The van der Waals surface area contributed by atoms with Gasteiger partial charge >= 0.3 is 0 Å². The maximum Gasteiger partial charge on any atom is 0.138 e. The predicted molar refractivity (Wildman–Crippen MR) is 85.9 cm³/mol. The Balaban J connectivity index is 2.32.